The molecule has 1 aliphatic heterocycles. The van der Waals surface area contributed by atoms with E-state index in [0.717, 1.165) is 6.26 Å². The van der Waals surface area contributed by atoms with Gasteiger partial charge in [0, 0.05) is 24.0 Å². The second kappa shape index (κ2) is 10.2. The number of amides is 2. The van der Waals surface area contributed by atoms with Gasteiger partial charge in [-0.3, -0.25) is 13.9 Å². The molecule has 0 aromatic heterocycles. The number of anilines is 1. The smallest absolute Gasteiger partial charge is 0.260 e. The molecule has 1 fully saturated rings. The standard InChI is InChI=1S/C22H26ClN3O5S/c1-32(29,30)26(14-17-4-2-3-5-20(17)23)18-6-8-19(9-7-18)31-15-21(27)25-12-10-16(11-13-25)22(24)28/h2-9,16H,10-15H2,1H3,(H2,24,28). The molecule has 0 aliphatic carbocycles. The Labute approximate surface area is 192 Å². The molecular weight excluding hydrogens is 454 g/mol. The van der Waals surface area contributed by atoms with Gasteiger partial charge in [-0.2, -0.15) is 0 Å². The van der Waals surface area contributed by atoms with Crippen LogP contribution >= 0.6 is 11.6 Å². The fourth-order valence-corrected chi connectivity index (χ4v) is 4.61. The van der Waals surface area contributed by atoms with Crippen LogP contribution in [-0.2, 0) is 26.2 Å². The van der Waals surface area contributed by atoms with Gasteiger partial charge in [-0.1, -0.05) is 29.8 Å². The van der Waals surface area contributed by atoms with E-state index < -0.39 is 10.0 Å². The van der Waals surface area contributed by atoms with Crippen molar-refractivity contribution in [1.29, 1.82) is 0 Å². The van der Waals surface area contributed by atoms with E-state index in [2.05, 4.69) is 0 Å². The van der Waals surface area contributed by atoms with Gasteiger partial charge < -0.3 is 15.4 Å². The Balaban J connectivity index is 1.61. The molecule has 0 bridgehead atoms. The maximum absolute atomic E-state index is 12.4. The molecule has 1 heterocycles. The second-order valence-corrected chi connectivity index (χ2v) is 10.0. The second-order valence-electron chi connectivity index (χ2n) is 7.70. The lowest BCUT2D eigenvalue weighted by Gasteiger charge is -2.30. The van der Waals surface area contributed by atoms with Crippen molar-refractivity contribution in [3.05, 3.63) is 59.1 Å². The SMILES string of the molecule is CS(=O)(=O)N(Cc1ccccc1Cl)c1ccc(OCC(=O)N2CCC(C(N)=O)CC2)cc1. The number of carbonyl (C=O) groups excluding carboxylic acids is 2. The minimum Gasteiger partial charge on any atom is -0.484 e. The molecule has 172 valence electrons. The maximum atomic E-state index is 12.4. The third-order valence-electron chi connectivity index (χ3n) is 5.41. The molecule has 1 aliphatic rings. The summed E-state index contributed by atoms with van der Waals surface area (Å²) in [4.78, 5) is 25.3. The molecule has 0 saturated carbocycles. The zero-order valence-corrected chi connectivity index (χ0v) is 19.3. The zero-order chi connectivity index (χ0) is 23.3. The van der Waals surface area contributed by atoms with Crippen LogP contribution in [0.2, 0.25) is 5.02 Å². The molecular formula is C22H26ClN3O5S. The first-order valence-corrected chi connectivity index (χ1v) is 12.4. The number of hydrogen-bond donors (Lipinski definition) is 1. The predicted molar refractivity (Wildman–Crippen MR) is 123 cm³/mol. The Morgan fingerprint density at radius 1 is 1.12 bits per heavy atom. The maximum Gasteiger partial charge on any atom is 0.260 e. The van der Waals surface area contributed by atoms with Gasteiger partial charge in [-0.05, 0) is 48.7 Å². The highest BCUT2D eigenvalue weighted by Crippen LogP contribution is 2.26. The lowest BCUT2D eigenvalue weighted by molar-refractivity contribution is -0.136. The van der Waals surface area contributed by atoms with Gasteiger partial charge in [-0.15, -0.1) is 0 Å². The Hall–Kier alpha value is -2.78. The molecule has 2 aromatic carbocycles. The minimum atomic E-state index is -3.56. The normalized spacial score (nSPS) is 14.8. The summed E-state index contributed by atoms with van der Waals surface area (Å²) >= 11 is 6.19. The first-order valence-electron chi connectivity index (χ1n) is 10.2. The average molecular weight is 480 g/mol. The number of nitrogens with two attached hydrogens (primary N) is 1. The first-order chi connectivity index (χ1) is 15.1. The highest BCUT2D eigenvalue weighted by molar-refractivity contribution is 7.92. The van der Waals surface area contributed by atoms with Crippen molar-refractivity contribution in [3.63, 3.8) is 0 Å². The van der Waals surface area contributed by atoms with Crippen LogP contribution in [0.15, 0.2) is 48.5 Å². The van der Waals surface area contributed by atoms with Crippen molar-refractivity contribution in [1.82, 2.24) is 4.90 Å². The highest BCUT2D eigenvalue weighted by atomic mass is 35.5. The van der Waals surface area contributed by atoms with Crippen LogP contribution in [0.3, 0.4) is 0 Å². The Morgan fingerprint density at radius 2 is 1.75 bits per heavy atom. The summed E-state index contributed by atoms with van der Waals surface area (Å²) in [5.74, 6) is -0.240. The number of hydrogen-bond acceptors (Lipinski definition) is 5. The van der Waals surface area contributed by atoms with E-state index >= 15 is 0 Å². The van der Waals surface area contributed by atoms with Crippen LogP contribution in [-0.4, -0.2) is 51.1 Å². The van der Waals surface area contributed by atoms with Crippen molar-refractivity contribution in [3.8, 4) is 5.75 Å². The molecule has 2 N–H and O–H groups in total. The Kier molecular flexibility index (Phi) is 7.63. The van der Waals surface area contributed by atoms with Crippen molar-refractivity contribution in [2.75, 3.05) is 30.3 Å². The van der Waals surface area contributed by atoms with E-state index in [1.807, 2.05) is 0 Å². The molecule has 2 aromatic rings. The summed E-state index contributed by atoms with van der Waals surface area (Å²) in [6, 6.07) is 13.5. The van der Waals surface area contributed by atoms with Crippen LogP contribution in [0.5, 0.6) is 5.75 Å². The number of likely N-dealkylation sites (tertiary alicyclic amines) is 1. The number of rotatable bonds is 8. The third-order valence-corrected chi connectivity index (χ3v) is 6.92. The molecule has 0 atom stereocenters. The topological polar surface area (TPSA) is 110 Å². The summed E-state index contributed by atoms with van der Waals surface area (Å²) in [6.07, 6.45) is 2.25. The van der Waals surface area contributed by atoms with Gasteiger partial charge in [0.15, 0.2) is 6.61 Å². The minimum absolute atomic E-state index is 0.0957. The van der Waals surface area contributed by atoms with Crippen LogP contribution in [0.25, 0.3) is 0 Å². The predicted octanol–water partition coefficient (Wildman–Crippen LogP) is 2.41. The van der Waals surface area contributed by atoms with Crippen LogP contribution in [0.1, 0.15) is 18.4 Å². The number of piperidine rings is 1. The summed E-state index contributed by atoms with van der Waals surface area (Å²) in [6.45, 7) is 0.897. The molecule has 8 nitrogen and oxygen atoms in total. The van der Waals surface area contributed by atoms with Gasteiger partial charge in [0.2, 0.25) is 15.9 Å². The quantitative estimate of drug-likeness (QED) is 0.625. The number of halogens is 1. The van der Waals surface area contributed by atoms with Gasteiger partial charge >= 0.3 is 0 Å². The molecule has 32 heavy (non-hydrogen) atoms. The zero-order valence-electron chi connectivity index (χ0n) is 17.7. The fourth-order valence-electron chi connectivity index (χ4n) is 3.54. The molecule has 3 rings (SSSR count). The molecule has 2 amide bonds. The Bertz CT molecular complexity index is 1070. The van der Waals surface area contributed by atoms with E-state index in [-0.39, 0.29) is 30.9 Å². The van der Waals surface area contributed by atoms with Gasteiger partial charge in [-0.25, -0.2) is 8.42 Å². The van der Waals surface area contributed by atoms with Crippen molar-refractivity contribution in [2.45, 2.75) is 19.4 Å². The van der Waals surface area contributed by atoms with Crippen molar-refractivity contribution >= 4 is 39.1 Å². The largest absolute Gasteiger partial charge is 0.484 e. The number of benzene rings is 2. The number of carbonyl (C=O) groups is 2. The summed E-state index contributed by atoms with van der Waals surface area (Å²) in [5, 5.41) is 0.486. The molecule has 0 spiro atoms. The van der Waals surface area contributed by atoms with Gasteiger partial charge in [0.05, 0.1) is 18.5 Å². The van der Waals surface area contributed by atoms with Crippen molar-refractivity contribution in [2.24, 2.45) is 11.7 Å². The average Bonchev–Trinajstić information content (AvgIpc) is 2.76. The molecule has 0 unspecified atom stereocenters. The van der Waals surface area contributed by atoms with Crippen LogP contribution < -0.4 is 14.8 Å². The summed E-state index contributed by atoms with van der Waals surface area (Å²) < 4.78 is 31.6. The molecule has 0 radical (unpaired) electrons. The van der Waals surface area contributed by atoms with Crippen molar-refractivity contribution < 1.29 is 22.7 Å². The number of sulfonamides is 1. The van der Waals surface area contributed by atoms with Gasteiger partial charge in [0.25, 0.3) is 5.91 Å². The van der Waals surface area contributed by atoms with E-state index in [9.17, 15) is 18.0 Å². The fraction of sp³-hybridized carbons (Fsp3) is 0.364. The van der Waals surface area contributed by atoms with Gasteiger partial charge in [0.1, 0.15) is 5.75 Å². The Morgan fingerprint density at radius 3 is 2.31 bits per heavy atom. The summed E-state index contributed by atoms with van der Waals surface area (Å²) in [7, 11) is -3.56. The van der Waals surface area contributed by atoms with E-state index in [1.54, 1.807) is 53.4 Å². The monoisotopic (exact) mass is 479 g/mol. The van der Waals surface area contributed by atoms with Crippen LogP contribution in [0, 0.1) is 5.92 Å². The first kappa shape index (κ1) is 23.9. The highest BCUT2D eigenvalue weighted by Gasteiger charge is 2.26. The lowest BCUT2D eigenvalue weighted by Crippen LogP contribution is -2.43. The number of primary amides is 1. The number of ether oxygens (including phenoxy) is 1. The molecule has 1 saturated heterocycles. The molecule has 10 heteroatoms. The summed E-state index contributed by atoms with van der Waals surface area (Å²) in [5.41, 5.74) is 6.46. The van der Waals surface area contributed by atoms with E-state index in [4.69, 9.17) is 22.1 Å². The third kappa shape index (κ3) is 6.14. The van der Waals surface area contributed by atoms with Crippen LogP contribution in [0.4, 0.5) is 5.69 Å². The van der Waals surface area contributed by atoms with E-state index in [1.165, 1.54) is 4.31 Å². The lowest BCUT2D eigenvalue weighted by atomic mass is 9.96. The number of nitrogens with zero attached hydrogens (tertiary/aromatic N) is 2. The van der Waals surface area contributed by atoms with E-state index in [0.29, 0.717) is 48.0 Å².